The zero-order chi connectivity index (χ0) is 18.8. The molecule has 6 heteroatoms. The Bertz CT molecular complexity index is 923. The Kier molecular flexibility index (Phi) is 4.85. The van der Waals surface area contributed by atoms with E-state index in [0.717, 1.165) is 55.7 Å². The maximum absolute atomic E-state index is 5.03. The van der Waals surface area contributed by atoms with Crippen LogP contribution in [0.5, 0.6) is 0 Å². The fraction of sp³-hybridized carbons (Fsp3) is 0.500. The number of anilines is 2. The van der Waals surface area contributed by atoms with Crippen LogP contribution in [-0.2, 0) is 6.54 Å². The van der Waals surface area contributed by atoms with Crippen LogP contribution in [0, 0.1) is 0 Å². The van der Waals surface area contributed by atoms with Crippen molar-refractivity contribution in [1.29, 1.82) is 0 Å². The van der Waals surface area contributed by atoms with Gasteiger partial charge in [-0.05, 0) is 44.1 Å². The van der Waals surface area contributed by atoms with Gasteiger partial charge in [0.15, 0.2) is 17.0 Å². The summed E-state index contributed by atoms with van der Waals surface area (Å²) in [5.74, 6) is 1.90. The summed E-state index contributed by atoms with van der Waals surface area (Å²) in [6.45, 7) is 5.02. The molecule has 5 rings (SSSR count). The van der Waals surface area contributed by atoms with Crippen molar-refractivity contribution in [3.05, 3.63) is 42.2 Å². The Hall–Kier alpha value is -2.63. The van der Waals surface area contributed by atoms with Crippen LogP contribution in [0.25, 0.3) is 11.2 Å². The molecule has 2 aliphatic heterocycles. The zero-order valence-electron chi connectivity index (χ0n) is 16.4. The highest BCUT2D eigenvalue weighted by Gasteiger charge is 2.23. The molecular formula is C22H28N6. The van der Waals surface area contributed by atoms with E-state index < -0.39 is 0 Å². The van der Waals surface area contributed by atoms with Crippen molar-refractivity contribution in [2.24, 2.45) is 0 Å². The molecule has 146 valence electrons. The molecule has 2 aliphatic rings. The molecule has 0 unspecified atom stereocenters. The third-order valence-corrected chi connectivity index (χ3v) is 5.92. The lowest BCUT2D eigenvalue weighted by Crippen LogP contribution is -2.34. The predicted molar refractivity (Wildman–Crippen MR) is 113 cm³/mol. The normalized spacial score (nSPS) is 18.0. The highest BCUT2D eigenvalue weighted by Crippen LogP contribution is 2.29. The van der Waals surface area contributed by atoms with E-state index >= 15 is 0 Å². The molecule has 0 atom stereocenters. The van der Waals surface area contributed by atoms with E-state index in [-0.39, 0.29) is 0 Å². The lowest BCUT2D eigenvalue weighted by Gasteiger charge is -2.30. The van der Waals surface area contributed by atoms with Crippen molar-refractivity contribution in [3.63, 3.8) is 0 Å². The Morgan fingerprint density at radius 1 is 0.750 bits per heavy atom. The van der Waals surface area contributed by atoms with Crippen molar-refractivity contribution >= 4 is 22.9 Å². The van der Waals surface area contributed by atoms with Gasteiger partial charge in [0, 0.05) is 26.2 Å². The van der Waals surface area contributed by atoms with Crippen LogP contribution in [0.1, 0.15) is 44.1 Å². The van der Waals surface area contributed by atoms with Gasteiger partial charge in [0.2, 0.25) is 5.95 Å². The fourth-order valence-corrected chi connectivity index (χ4v) is 4.38. The first-order valence-corrected chi connectivity index (χ1v) is 10.7. The molecule has 6 nitrogen and oxygen atoms in total. The number of imidazole rings is 1. The molecule has 0 saturated carbocycles. The average Bonchev–Trinajstić information content (AvgIpc) is 3.18. The monoisotopic (exact) mass is 376 g/mol. The van der Waals surface area contributed by atoms with E-state index in [1.165, 1.54) is 44.1 Å². The molecule has 2 fully saturated rings. The summed E-state index contributed by atoms with van der Waals surface area (Å²) in [5, 5.41) is 0. The van der Waals surface area contributed by atoms with Crippen molar-refractivity contribution < 1.29 is 0 Å². The van der Waals surface area contributed by atoms with Gasteiger partial charge in [0.05, 0.1) is 12.9 Å². The Morgan fingerprint density at radius 3 is 2.14 bits per heavy atom. The molecule has 3 aromatic rings. The molecule has 4 heterocycles. The van der Waals surface area contributed by atoms with Gasteiger partial charge in [-0.2, -0.15) is 9.97 Å². The third-order valence-electron chi connectivity index (χ3n) is 5.92. The SMILES string of the molecule is c1ccc(Cn2cnc3c(N4CCCCC4)nc(N4CCCCC4)nc32)cc1. The molecule has 0 spiro atoms. The number of hydrogen-bond donors (Lipinski definition) is 0. The zero-order valence-corrected chi connectivity index (χ0v) is 16.4. The van der Waals surface area contributed by atoms with E-state index in [4.69, 9.17) is 15.0 Å². The van der Waals surface area contributed by atoms with Gasteiger partial charge in [-0.15, -0.1) is 0 Å². The fourth-order valence-electron chi connectivity index (χ4n) is 4.38. The van der Waals surface area contributed by atoms with Crippen molar-refractivity contribution in [2.45, 2.75) is 45.1 Å². The predicted octanol–water partition coefficient (Wildman–Crippen LogP) is 3.86. The summed E-state index contributed by atoms with van der Waals surface area (Å²) in [6.07, 6.45) is 9.47. The second-order valence-electron chi connectivity index (χ2n) is 7.97. The maximum Gasteiger partial charge on any atom is 0.229 e. The summed E-state index contributed by atoms with van der Waals surface area (Å²) < 4.78 is 2.17. The Labute approximate surface area is 166 Å². The van der Waals surface area contributed by atoms with Gasteiger partial charge in [-0.25, -0.2) is 4.98 Å². The number of fused-ring (bicyclic) bond motifs is 1. The molecule has 0 N–H and O–H groups in total. The summed E-state index contributed by atoms with van der Waals surface area (Å²) in [7, 11) is 0. The minimum Gasteiger partial charge on any atom is -0.355 e. The highest BCUT2D eigenvalue weighted by molar-refractivity contribution is 5.85. The number of rotatable bonds is 4. The van der Waals surface area contributed by atoms with E-state index in [2.05, 4.69) is 44.7 Å². The summed E-state index contributed by atoms with van der Waals surface area (Å²) in [5.41, 5.74) is 3.16. The first kappa shape index (κ1) is 17.5. The van der Waals surface area contributed by atoms with Gasteiger partial charge in [-0.3, -0.25) is 0 Å². The molecule has 2 aromatic heterocycles. The largest absolute Gasteiger partial charge is 0.355 e. The third kappa shape index (κ3) is 3.43. The molecule has 0 aliphatic carbocycles. The molecule has 2 saturated heterocycles. The van der Waals surface area contributed by atoms with Crippen LogP contribution in [0.3, 0.4) is 0 Å². The molecule has 0 amide bonds. The number of aromatic nitrogens is 4. The minimum atomic E-state index is 0.785. The molecule has 0 bridgehead atoms. The number of benzene rings is 1. The van der Waals surface area contributed by atoms with Crippen LogP contribution < -0.4 is 9.80 Å². The average molecular weight is 377 g/mol. The maximum atomic E-state index is 5.03. The second-order valence-corrected chi connectivity index (χ2v) is 7.97. The first-order chi connectivity index (χ1) is 13.9. The topological polar surface area (TPSA) is 50.1 Å². The van der Waals surface area contributed by atoms with Gasteiger partial charge in [0.25, 0.3) is 0 Å². The molecular weight excluding hydrogens is 348 g/mol. The summed E-state index contributed by atoms with van der Waals surface area (Å²) >= 11 is 0. The number of nitrogens with zero attached hydrogens (tertiary/aromatic N) is 6. The van der Waals surface area contributed by atoms with Gasteiger partial charge >= 0.3 is 0 Å². The van der Waals surface area contributed by atoms with Crippen molar-refractivity contribution in [2.75, 3.05) is 36.0 Å². The van der Waals surface area contributed by atoms with Crippen molar-refractivity contribution in [1.82, 2.24) is 19.5 Å². The first-order valence-electron chi connectivity index (χ1n) is 10.7. The quantitative estimate of drug-likeness (QED) is 0.692. The van der Waals surface area contributed by atoms with Crippen LogP contribution >= 0.6 is 0 Å². The Morgan fingerprint density at radius 2 is 1.43 bits per heavy atom. The molecule has 28 heavy (non-hydrogen) atoms. The van der Waals surface area contributed by atoms with E-state index in [9.17, 15) is 0 Å². The van der Waals surface area contributed by atoms with Gasteiger partial charge in [-0.1, -0.05) is 30.3 Å². The lowest BCUT2D eigenvalue weighted by atomic mass is 10.1. The highest BCUT2D eigenvalue weighted by atomic mass is 15.3. The lowest BCUT2D eigenvalue weighted by molar-refractivity contribution is 0.562. The number of hydrogen-bond acceptors (Lipinski definition) is 5. The summed E-state index contributed by atoms with van der Waals surface area (Å²) in [4.78, 5) is 19.6. The standard InChI is InChI=1S/C22H28N6/c1-4-10-18(11-5-1)16-28-17-23-19-20(26-12-6-2-7-13-26)24-22(25-21(19)28)27-14-8-3-9-15-27/h1,4-5,10-11,17H,2-3,6-9,12-16H2. The molecule has 0 radical (unpaired) electrons. The van der Waals surface area contributed by atoms with Crippen LogP contribution in [0.4, 0.5) is 11.8 Å². The van der Waals surface area contributed by atoms with Gasteiger partial charge < -0.3 is 14.4 Å². The Balaban J connectivity index is 1.58. The van der Waals surface area contributed by atoms with Crippen LogP contribution in [0.15, 0.2) is 36.7 Å². The van der Waals surface area contributed by atoms with E-state index in [1.54, 1.807) is 0 Å². The van der Waals surface area contributed by atoms with Crippen LogP contribution in [-0.4, -0.2) is 45.7 Å². The summed E-state index contributed by atoms with van der Waals surface area (Å²) in [6, 6.07) is 10.5. The minimum absolute atomic E-state index is 0.785. The van der Waals surface area contributed by atoms with Gasteiger partial charge in [0.1, 0.15) is 0 Å². The smallest absolute Gasteiger partial charge is 0.229 e. The van der Waals surface area contributed by atoms with E-state index in [1.807, 2.05) is 6.33 Å². The molecule has 1 aromatic carbocycles. The number of piperidine rings is 2. The van der Waals surface area contributed by atoms with E-state index in [0.29, 0.717) is 0 Å². The van der Waals surface area contributed by atoms with Crippen molar-refractivity contribution in [3.8, 4) is 0 Å². The van der Waals surface area contributed by atoms with Crippen LogP contribution in [0.2, 0.25) is 0 Å². The second kappa shape index (κ2) is 7.78.